The van der Waals surface area contributed by atoms with Crippen molar-refractivity contribution >= 4 is 11.8 Å². The molecule has 2 rings (SSSR count). The van der Waals surface area contributed by atoms with E-state index in [1.54, 1.807) is 6.07 Å². The first-order chi connectivity index (χ1) is 10.8. The van der Waals surface area contributed by atoms with Crippen LogP contribution in [0, 0.1) is 23.0 Å². The molecule has 2 aromatic rings. The molecule has 1 N–H and O–H groups in total. The molecule has 0 atom stereocenters. The van der Waals surface area contributed by atoms with Gasteiger partial charge in [-0.2, -0.15) is 0 Å². The molecule has 0 fully saturated rings. The van der Waals surface area contributed by atoms with Crippen molar-refractivity contribution in [2.75, 3.05) is 0 Å². The normalized spacial score (nSPS) is 9.91. The van der Waals surface area contributed by atoms with Crippen molar-refractivity contribution in [1.29, 1.82) is 0 Å². The molecule has 0 bridgehead atoms. The Morgan fingerprint density at radius 2 is 1.83 bits per heavy atom. The molecular weight excluding hydrogens is 290 g/mol. The van der Waals surface area contributed by atoms with E-state index in [0.29, 0.717) is 5.92 Å². The van der Waals surface area contributed by atoms with E-state index in [9.17, 15) is 15.2 Å². The van der Waals surface area contributed by atoms with Gasteiger partial charge in [-0.25, -0.2) is 0 Å². The quantitative estimate of drug-likeness (QED) is 0.628. The molecular formula is C19H23NO3. The topological polar surface area (TPSA) is 63.4 Å². The van der Waals surface area contributed by atoms with Gasteiger partial charge >= 0.3 is 5.69 Å². The van der Waals surface area contributed by atoms with Gasteiger partial charge in [0.2, 0.25) is 0 Å². The predicted molar refractivity (Wildman–Crippen MR) is 94.6 cm³/mol. The molecule has 0 aliphatic rings. The van der Waals surface area contributed by atoms with Crippen molar-refractivity contribution in [2.45, 2.75) is 27.2 Å². The molecule has 0 aromatic heterocycles. The van der Waals surface area contributed by atoms with Crippen molar-refractivity contribution in [3.63, 3.8) is 0 Å². The molecule has 0 unspecified atom stereocenters. The molecule has 0 spiro atoms. The second-order valence-corrected chi connectivity index (χ2v) is 5.79. The van der Waals surface area contributed by atoms with E-state index < -0.39 is 4.92 Å². The maximum absolute atomic E-state index is 10.5. The van der Waals surface area contributed by atoms with Gasteiger partial charge < -0.3 is 5.11 Å². The summed E-state index contributed by atoms with van der Waals surface area (Å²) in [5.41, 5.74) is 3.13. The van der Waals surface area contributed by atoms with Crippen LogP contribution in [-0.2, 0) is 6.42 Å². The highest BCUT2D eigenvalue weighted by Crippen LogP contribution is 2.27. The third-order valence-electron chi connectivity index (χ3n) is 3.19. The van der Waals surface area contributed by atoms with Crippen molar-refractivity contribution < 1.29 is 10.0 Å². The summed E-state index contributed by atoms with van der Waals surface area (Å²) < 4.78 is 0. The predicted octanol–water partition coefficient (Wildman–Crippen LogP) is 5.14. The van der Waals surface area contributed by atoms with Crippen molar-refractivity contribution in [3.8, 4) is 5.75 Å². The number of phenolic OH excluding ortho intramolecular Hbond substituents is 1. The van der Waals surface area contributed by atoms with Crippen LogP contribution < -0.4 is 0 Å². The number of hydrogen-bond donors (Lipinski definition) is 1. The molecule has 0 radical (unpaired) electrons. The molecule has 23 heavy (non-hydrogen) atoms. The summed E-state index contributed by atoms with van der Waals surface area (Å²) in [6.07, 6.45) is 2.63. The Balaban J connectivity index is 0.000000253. The zero-order chi connectivity index (χ0) is 17.4. The van der Waals surface area contributed by atoms with Gasteiger partial charge in [-0.05, 0) is 36.5 Å². The Kier molecular flexibility index (Phi) is 7.00. The third-order valence-corrected chi connectivity index (χ3v) is 3.19. The SMILES string of the molecule is C=Cc1ccc(C)cc1.CC(C)Cc1ccc(O)c([N+](=O)[O-])c1. The lowest BCUT2D eigenvalue weighted by Crippen LogP contribution is -1.96. The molecule has 0 heterocycles. The molecule has 4 heteroatoms. The van der Waals surface area contributed by atoms with Gasteiger partial charge in [0.15, 0.2) is 5.75 Å². The lowest BCUT2D eigenvalue weighted by molar-refractivity contribution is -0.385. The maximum Gasteiger partial charge on any atom is 0.310 e. The van der Waals surface area contributed by atoms with Crippen LogP contribution >= 0.6 is 0 Å². The minimum atomic E-state index is -0.570. The summed E-state index contributed by atoms with van der Waals surface area (Å²) in [7, 11) is 0. The maximum atomic E-state index is 10.5. The van der Waals surface area contributed by atoms with Crippen LogP contribution in [0.4, 0.5) is 5.69 Å². The number of hydrogen-bond acceptors (Lipinski definition) is 3. The van der Waals surface area contributed by atoms with E-state index in [2.05, 4.69) is 37.8 Å². The first-order valence-corrected chi connectivity index (χ1v) is 7.49. The van der Waals surface area contributed by atoms with E-state index in [-0.39, 0.29) is 11.4 Å². The smallest absolute Gasteiger partial charge is 0.310 e. The van der Waals surface area contributed by atoms with Gasteiger partial charge in [0.05, 0.1) is 4.92 Å². The van der Waals surface area contributed by atoms with Crippen molar-refractivity contribution in [1.82, 2.24) is 0 Å². The van der Waals surface area contributed by atoms with Gasteiger partial charge in [0.25, 0.3) is 0 Å². The molecule has 0 aliphatic carbocycles. The highest BCUT2D eigenvalue weighted by atomic mass is 16.6. The summed E-state index contributed by atoms with van der Waals surface area (Å²) in [4.78, 5) is 9.94. The fraction of sp³-hybridized carbons (Fsp3) is 0.263. The fourth-order valence-corrected chi connectivity index (χ4v) is 2.02. The highest BCUT2D eigenvalue weighted by molar-refractivity contribution is 5.48. The van der Waals surface area contributed by atoms with E-state index in [0.717, 1.165) is 12.0 Å². The minimum absolute atomic E-state index is 0.219. The minimum Gasteiger partial charge on any atom is -0.502 e. The molecule has 0 saturated carbocycles. The number of nitro groups is 1. The van der Waals surface area contributed by atoms with E-state index >= 15 is 0 Å². The van der Waals surface area contributed by atoms with Crippen LogP contribution in [0.25, 0.3) is 6.08 Å². The molecule has 2 aromatic carbocycles. The van der Waals surface area contributed by atoms with E-state index in [4.69, 9.17) is 0 Å². The van der Waals surface area contributed by atoms with Crippen LogP contribution in [-0.4, -0.2) is 10.0 Å². The largest absolute Gasteiger partial charge is 0.502 e. The van der Waals surface area contributed by atoms with E-state index in [1.807, 2.05) is 19.9 Å². The van der Waals surface area contributed by atoms with Crippen LogP contribution in [0.2, 0.25) is 0 Å². The van der Waals surface area contributed by atoms with Crippen LogP contribution in [0.3, 0.4) is 0 Å². The monoisotopic (exact) mass is 313 g/mol. The van der Waals surface area contributed by atoms with Gasteiger partial charge in [0.1, 0.15) is 0 Å². The Morgan fingerprint density at radius 1 is 1.22 bits per heavy atom. The van der Waals surface area contributed by atoms with Crippen LogP contribution in [0.1, 0.15) is 30.5 Å². The van der Waals surface area contributed by atoms with E-state index in [1.165, 1.54) is 23.3 Å². The van der Waals surface area contributed by atoms with Gasteiger partial charge in [0, 0.05) is 6.07 Å². The van der Waals surface area contributed by atoms with Gasteiger partial charge in [-0.15, -0.1) is 0 Å². The van der Waals surface area contributed by atoms with Gasteiger partial charge in [-0.3, -0.25) is 10.1 Å². The summed E-state index contributed by atoms with van der Waals surface area (Å²) in [6, 6.07) is 12.8. The Bertz CT molecular complexity index is 661. The zero-order valence-corrected chi connectivity index (χ0v) is 13.8. The standard InChI is InChI=1S/C10H13NO3.C9H10/c1-7(2)5-8-3-4-10(12)9(6-8)11(13)14;1-3-9-6-4-8(2)5-7-9/h3-4,6-7,12H,5H2,1-2H3;3-7H,1H2,2H3. The number of nitro benzene ring substituents is 1. The molecule has 122 valence electrons. The number of benzene rings is 2. The first kappa shape index (κ1) is 18.4. The molecule has 0 amide bonds. The first-order valence-electron chi connectivity index (χ1n) is 7.49. The Labute approximate surface area is 137 Å². The third kappa shape index (κ3) is 6.34. The Morgan fingerprint density at radius 3 is 2.30 bits per heavy atom. The lowest BCUT2D eigenvalue weighted by atomic mass is 10.0. The molecule has 0 aliphatic heterocycles. The molecule has 4 nitrogen and oxygen atoms in total. The average Bonchev–Trinajstić information content (AvgIpc) is 2.50. The zero-order valence-electron chi connectivity index (χ0n) is 13.8. The average molecular weight is 313 g/mol. The Hall–Kier alpha value is -2.62. The van der Waals surface area contributed by atoms with Crippen molar-refractivity contribution in [2.24, 2.45) is 5.92 Å². The number of aromatic hydroxyl groups is 1. The second-order valence-electron chi connectivity index (χ2n) is 5.79. The number of aryl methyl sites for hydroxylation is 1. The summed E-state index contributed by atoms with van der Waals surface area (Å²) in [6.45, 7) is 9.82. The van der Waals surface area contributed by atoms with Gasteiger partial charge in [-0.1, -0.05) is 62.4 Å². The summed E-state index contributed by atoms with van der Waals surface area (Å²) in [5, 5.41) is 19.7. The number of nitrogens with zero attached hydrogens (tertiary/aromatic N) is 1. The second kappa shape index (κ2) is 8.73. The fourth-order valence-electron chi connectivity index (χ4n) is 2.02. The van der Waals surface area contributed by atoms with Crippen LogP contribution in [0.15, 0.2) is 49.0 Å². The summed E-state index contributed by atoms with van der Waals surface area (Å²) >= 11 is 0. The molecule has 0 saturated heterocycles. The summed E-state index contributed by atoms with van der Waals surface area (Å²) in [5.74, 6) is 0.168. The lowest BCUT2D eigenvalue weighted by Gasteiger charge is -2.04. The number of rotatable bonds is 4. The van der Waals surface area contributed by atoms with Crippen molar-refractivity contribution in [3.05, 3.63) is 75.8 Å². The van der Waals surface area contributed by atoms with Crippen LogP contribution in [0.5, 0.6) is 5.75 Å². The number of phenols is 1. The highest BCUT2D eigenvalue weighted by Gasteiger charge is 2.13.